The largest absolute Gasteiger partial charge is 0.458 e. The van der Waals surface area contributed by atoms with Crippen LogP contribution in [0.3, 0.4) is 0 Å². The summed E-state index contributed by atoms with van der Waals surface area (Å²) in [6.07, 6.45) is 0. The van der Waals surface area contributed by atoms with Crippen LogP contribution in [0.25, 0.3) is 11.0 Å². The summed E-state index contributed by atoms with van der Waals surface area (Å²) in [5.74, 6) is 0.838. The number of aryl methyl sites for hydroxylation is 1. The number of hydrogen-bond donors (Lipinski definition) is 1. The van der Waals surface area contributed by atoms with E-state index >= 15 is 0 Å². The molecule has 1 aromatic carbocycles. The summed E-state index contributed by atoms with van der Waals surface area (Å²) in [4.78, 5) is 0. The van der Waals surface area contributed by atoms with E-state index in [-0.39, 0.29) is 0 Å². The van der Waals surface area contributed by atoms with Crippen LogP contribution in [0.4, 0.5) is 0 Å². The molecule has 0 spiro atoms. The molecule has 0 amide bonds. The second-order valence-corrected chi connectivity index (χ2v) is 5.74. The quantitative estimate of drug-likeness (QED) is 0.788. The van der Waals surface area contributed by atoms with Gasteiger partial charge in [0.15, 0.2) is 5.58 Å². The summed E-state index contributed by atoms with van der Waals surface area (Å²) in [7, 11) is 0. The second kappa shape index (κ2) is 5.30. The summed E-state index contributed by atoms with van der Waals surface area (Å²) in [5.41, 5.74) is 1.58. The number of halogens is 3. The van der Waals surface area contributed by atoms with Crippen LogP contribution in [0.5, 0.6) is 0 Å². The lowest BCUT2D eigenvalue weighted by molar-refractivity contribution is 0.485. The summed E-state index contributed by atoms with van der Waals surface area (Å²) in [6, 6.07) is 1.99. The summed E-state index contributed by atoms with van der Waals surface area (Å²) >= 11 is 18.4. The molecule has 1 heterocycles. The molecule has 2 aromatic rings. The Hall–Kier alpha value is -0.410. The molecule has 0 saturated heterocycles. The topological polar surface area (TPSA) is 25.2 Å². The summed E-state index contributed by atoms with van der Waals surface area (Å²) < 4.78 is 5.78. The first-order valence-corrected chi connectivity index (χ1v) is 6.84. The predicted molar refractivity (Wildman–Crippen MR) is 78.0 cm³/mol. The molecule has 1 N–H and O–H groups in total. The van der Waals surface area contributed by atoms with E-state index in [0.29, 0.717) is 33.2 Å². The Balaban J connectivity index is 2.56. The van der Waals surface area contributed by atoms with Crippen molar-refractivity contribution in [3.8, 4) is 0 Å². The lowest BCUT2D eigenvalue weighted by atomic mass is 10.1. The van der Waals surface area contributed by atoms with E-state index in [9.17, 15) is 0 Å². The Kier molecular flexibility index (Phi) is 4.12. The third-order valence-electron chi connectivity index (χ3n) is 2.82. The molecular weight excluding hydrogens is 293 g/mol. The zero-order valence-electron chi connectivity index (χ0n) is 10.4. The minimum atomic E-state index is 0.382. The number of nitrogens with one attached hydrogen (secondary N) is 1. The van der Waals surface area contributed by atoms with Gasteiger partial charge in [-0.3, -0.25) is 0 Å². The molecule has 0 radical (unpaired) electrons. The van der Waals surface area contributed by atoms with Crippen LogP contribution in [-0.2, 0) is 6.54 Å². The lowest BCUT2D eigenvalue weighted by Crippen LogP contribution is -2.21. The highest BCUT2D eigenvalue weighted by molar-refractivity contribution is 6.47. The van der Waals surface area contributed by atoms with E-state index in [1.165, 1.54) is 0 Å². The molecule has 2 rings (SSSR count). The van der Waals surface area contributed by atoms with Crippen LogP contribution < -0.4 is 5.32 Å². The predicted octanol–water partition coefficient (Wildman–Crippen LogP) is 5.20. The third-order valence-corrected chi connectivity index (χ3v) is 3.88. The fourth-order valence-electron chi connectivity index (χ4n) is 1.82. The van der Waals surface area contributed by atoms with Crippen LogP contribution in [0.2, 0.25) is 15.1 Å². The third kappa shape index (κ3) is 2.48. The van der Waals surface area contributed by atoms with E-state index in [0.717, 1.165) is 16.7 Å². The Morgan fingerprint density at radius 1 is 1.22 bits per heavy atom. The number of fused-ring (bicyclic) bond motifs is 1. The van der Waals surface area contributed by atoms with Crippen LogP contribution in [0.1, 0.15) is 25.2 Å². The first kappa shape index (κ1) is 14.0. The highest BCUT2D eigenvalue weighted by Crippen LogP contribution is 2.40. The molecular formula is C13H14Cl3NO. The normalized spacial score (nSPS) is 11.7. The highest BCUT2D eigenvalue weighted by Gasteiger charge is 2.18. The standard InChI is InChI=1S/C13H14Cl3NO/c1-6(2)17-5-10-7(3)11-12(16)8(14)4-9(15)13(11)18-10/h4,6,17H,5H2,1-3H3. The molecule has 0 aliphatic heterocycles. The average Bonchev–Trinajstić information content (AvgIpc) is 2.62. The van der Waals surface area contributed by atoms with E-state index in [4.69, 9.17) is 39.2 Å². The maximum Gasteiger partial charge on any atom is 0.154 e. The van der Waals surface area contributed by atoms with Crippen LogP contribution >= 0.6 is 34.8 Å². The van der Waals surface area contributed by atoms with E-state index < -0.39 is 0 Å². The van der Waals surface area contributed by atoms with E-state index in [2.05, 4.69) is 19.2 Å². The number of benzene rings is 1. The van der Waals surface area contributed by atoms with Gasteiger partial charge in [-0.05, 0) is 13.0 Å². The summed E-state index contributed by atoms with van der Waals surface area (Å²) in [5, 5.41) is 5.53. The molecule has 0 saturated carbocycles. The van der Waals surface area contributed by atoms with Gasteiger partial charge in [0, 0.05) is 17.0 Å². The van der Waals surface area contributed by atoms with Gasteiger partial charge < -0.3 is 9.73 Å². The Morgan fingerprint density at radius 3 is 2.50 bits per heavy atom. The molecule has 18 heavy (non-hydrogen) atoms. The fourth-order valence-corrected chi connectivity index (χ4v) is 2.60. The zero-order chi connectivity index (χ0) is 13.4. The Morgan fingerprint density at radius 2 is 1.89 bits per heavy atom. The van der Waals surface area contributed by atoms with Crippen molar-refractivity contribution in [2.75, 3.05) is 0 Å². The molecule has 5 heteroatoms. The monoisotopic (exact) mass is 305 g/mol. The minimum absolute atomic E-state index is 0.382. The molecule has 0 aliphatic carbocycles. The van der Waals surface area contributed by atoms with Crippen molar-refractivity contribution in [2.45, 2.75) is 33.4 Å². The molecule has 0 bridgehead atoms. The first-order chi connectivity index (χ1) is 8.41. The van der Waals surface area contributed by atoms with Gasteiger partial charge in [0.05, 0.1) is 21.6 Å². The van der Waals surface area contributed by atoms with Crippen molar-refractivity contribution < 1.29 is 4.42 Å². The van der Waals surface area contributed by atoms with Gasteiger partial charge in [-0.2, -0.15) is 0 Å². The van der Waals surface area contributed by atoms with E-state index in [1.54, 1.807) is 6.07 Å². The van der Waals surface area contributed by atoms with Crippen molar-refractivity contribution in [1.82, 2.24) is 5.32 Å². The van der Waals surface area contributed by atoms with Gasteiger partial charge in [-0.1, -0.05) is 48.7 Å². The Labute approximate surface area is 121 Å². The molecule has 2 nitrogen and oxygen atoms in total. The Bertz CT molecular complexity index is 590. The smallest absolute Gasteiger partial charge is 0.154 e. The van der Waals surface area contributed by atoms with Gasteiger partial charge in [-0.15, -0.1) is 0 Å². The van der Waals surface area contributed by atoms with Crippen LogP contribution in [-0.4, -0.2) is 6.04 Å². The van der Waals surface area contributed by atoms with Crippen molar-refractivity contribution in [1.29, 1.82) is 0 Å². The van der Waals surface area contributed by atoms with Gasteiger partial charge in [0.2, 0.25) is 0 Å². The maximum absolute atomic E-state index is 6.21. The number of rotatable bonds is 3. The maximum atomic E-state index is 6.21. The lowest BCUT2D eigenvalue weighted by Gasteiger charge is -2.05. The van der Waals surface area contributed by atoms with Crippen molar-refractivity contribution in [3.63, 3.8) is 0 Å². The second-order valence-electron chi connectivity index (χ2n) is 4.54. The van der Waals surface area contributed by atoms with Crippen molar-refractivity contribution >= 4 is 45.8 Å². The molecule has 0 fully saturated rings. The first-order valence-electron chi connectivity index (χ1n) is 5.70. The van der Waals surface area contributed by atoms with Gasteiger partial charge in [-0.25, -0.2) is 0 Å². The SMILES string of the molecule is Cc1c(CNC(C)C)oc2c(Cl)cc(Cl)c(Cl)c12. The molecule has 0 aliphatic rings. The molecule has 0 unspecified atom stereocenters. The van der Waals surface area contributed by atoms with Crippen LogP contribution in [0, 0.1) is 6.92 Å². The zero-order valence-corrected chi connectivity index (χ0v) is 12.7. The van der Waals surface area contributed by atoms with Gasteiger partial charge in [0.25, 0.3) is 0 Å². The van der Waals surface area contributed by atoms with Crippen LogP contribution in [0.15, 0.2) is 10.5 Å². The molecule has 0 atom stereocenters. The number of furan rings is 1. The van der Waals surface area contributed by atoms with Gasteiger partial charge in [0.1, 0.15) is 5.76 Å². The summed E-state index contributed by atoms with van der Waals surface area (Å²) in [6.45, 7) is 6.76. The minimum Gasteiger partial charge on any atom is -0.458 e. The van der Waals surface area contributed by atoms with Crippen molar-refractivity contribution in [2.24, 2.45) is 0 Å². The fraction of sp³-hybridized carbons (Fsp3) is 0.385. The molecule has 1 aromatic heterocycles. The number of hydrogen-bond acceptors (Lipinski definition) is 2. The average molecular weight is 307 g/mol. The van der Waals surface area contributed by atoms with Gasteiger partial charge >= 0.3 is 0 Å². The molecule has 98 valence electrons. The highest BCUT2D eigenvalue weighted by atomic mass is 35.5. The van der Waals surface area contributed by atoms with E-state index in [1.807, 2.05) is 6.92 Å². The van der Waals surface area contributed by atoms with Crippen molar-refractivity contribution in [3.05, 3.63) is 32.5 Å².